The van der Waals surface area contributed by atoms with E-state index in [-0.39, 0.29) is 0 Å². The van der Waals surface area contributed by atoms with Gasteiger partial charge < -0.3 is 10.6 Å². The Morgan fingerprint density at radius 1 is 1.33 bits per heavy atom. The average molecular weight is 205 g/mol. The second-order valence-electron chi connectivity index (χ2n) is 3.35. The van der Waals surface area contributed by atoms with E-state index < -0.39 is 0 Å². The standard InChI is InChI=1S/C10H15N5/c1-3-14(4-2)10-12-9-6-5-8(11)7-15(9)13-10/h5-7H,3-4,11H2,1-2H3. The first-order valence-electron chi connectivity index (χ1n) is 5.11. The van der Waals surface area contributed by atoms with Crippen molar-refractivity contribution in [2.45, 2.75) is 13.8 Å². The van der Waals surface area contributed by atoms with Crippen LogP contribution in [0.3, 0.4) is 0 Å². The molecule has 0 fully saturated rings. The summed E-state index contributed by atoms with van der Waals surface area (Å²) < 4.78 is 1.71. The SMILES string of the molecule is CCN(CC)c1nc2ccc(N)cn2n1. The van der Waals surface area contributed by atoms with Gasteiger partial charge in [0.2, 0.25) is 5.95 Å². The molecule has 0 unspecified atom stereocenters. The maximum Gasteiger partial charge on any atom is 0.245 e. The summed E-state index contributed by atoms with van der Waals surface area (Å²) in [5.74, 6) is 0.755. The van der Waals surface area contributed by atoms with Gasteiger partial charge in [-0.3, -0.25) is 0 Å². The molecule has 0 atom stereocenters. The van der Waals surface area contributed by atoms with Gasteiger partial charge in [0.05, 0.1) is 11.9 Å². The van der Waals surface area contributed by atoms with Gasteiger partial charge in [0.15, 0.2) is 5.65 Å². The molecule has 0 saturated carbocycles. The molecule has 0 bridgehead atoms. The highest BCUT2D eigenvalue weighted by atomic mass is 15.4. The fourth-order valence-electron chi connectivity index (χ4n) is 1.53. The van der Waals surface area contributed by atoms with Crippen LogP contribution < -0.4 is 10.6 Å². The Kier molecular flexibility index (Phi) is 2.45. The van der Waals surface area contributed by atoms with E-state index in [4.69, 9.17) is 5.73 Å². The van der Waals surface area contributed by atoms with Crippen LogP contribution in [0.1, 0.15) is 13.8 Å². The minimum absolute atomic E-state index is 0.693. The largest absolute Gasteiger partial charge is 0.397 e. The number of aromatic nitrogens is 3. The molecule has 2 heterocycles. The fourth-order valence-corrected chi connectivity index (χ4v) is 1.53. The lowest BCUT2D eigenvalue weighted by Crippen LogP contribution is -2.23. The minimum atomic E-state index is 0.693. The Balaban J connectivity index is 2.46. The monoisotopic (exact) mass is 205 g/mol. The Labute approximate surface area is 88.5 Å². The summed E-state index contributed by atoms with van der Waals surface area (Å²) >= 11 is 0. The fraction of sp³-hybridized carbons (Fsp3) is 0.400. The van der Waals surface area contributed by atoms with Crippen LogP contribution in [0.4, 0.5) is 11.6 Å². The highest BCUT2D eigenvalue weighted by Crippen LogP contribution is 2.11. The number of anilines is 2. The molecular weight excluding hydrogens is 190 g/mol. The summed E-state index contributed by atoms with van der Waals surface area (Å²) in [6, 6.07) is 3.70. The third-order valence-electron chi connectivity index (χ3n) is 2.39. The summed E-state index contributed by atoms with van der Waals surface area (Å²) in [5.41, 5.74) is 7.19. The molecule has 0 spiro atoms. The number of fused-ring (bicyclic) bond motifs is 1. The van der Waals surface area contributed by atoms with Crippen molar-refractivity contribution in [1.82, 2.24) is 14.6 Å². The lowest BCUT2D eigenvalue weighted by atomic mass is 10.4. The molecule has 80 valence electrons. The number of nitrogens with two attached hydrogens (primary N) is 1. The first-order chi connectivity index (χ1) is 7.24. The van der Waals surface area contributed by atoms with Crippen molar-refractivity contribution in [2.24, 2.45) is 0 Å². The molecule has 2 aromatic rings. The van der Waals surface area contributed by atoms with E-state index in [0.717, 1.165) is 24.7 Å². The number of pyridine rings is 1. The molecule has 5 nitrogen and oxygen atoms in total. The maximum absolute atomic E-state index is 5.67. The van der Waals surface area contributed by atoms with Gasteiger partial charge in [-0.05, 0) is 26.0 Å². The third-order valence-corrected chi connectivity index (χ3v) is 2.39. The second kappa shape index (κ2) is 3.76. The zero-order valence-corrected chi connectivity index (χ0v) is 9.01. The number of hydrogen-bond acceptors (Lipinski definition) is 4. The molecule has 0 amide bonds. The first kappa shape index (κ1) is 9.76. The maximum atomic E-state index is 5.67. The topological polar surface area (TPSA) is 59.5 Å². The molecule has 2 aromatic heterocycles. The molecule has 0 aromatic carbocycles. The van der Waals surface area contributed by atoms with Crippen LogP contribution in [0, 0.1) is 0 Å². The number of hydrogen-bond donors (Lipinski definition) is 1. The summed E-state index contributed by atoms with van der Waals surface area (Å²) in [7, 11) is 0. The van der Waals surface area contributed by atoms with Crippen molar-refractivity contribution in [1.29, 1.82) is 0 Å². The smallest absolute Gasteiger partial charge is 0.245 e. The van der Waals surface area contributed by atoms with Crippen molar-refractivity contribution in [3.63, 3.8) is 0 Å². The first-order valence-corrected chi connectivity index (χ1v) is 5.11. The zero-order chi connectivity index (χ0) is 10.8. The van der Waals surface area contributed by atoms with Crippen LogP contribution in [0.15, 0.2) is 18.3 Å². The van der Waals surface area contributed by atoms with Crippen LogP contribution >= 0.6 is 0 Å². The molecule has 0 aliphatic rings. The average Bonchev–Trinajstić information content (AvgIpc) is 2.62. The second-order valence-corrected chi connectivity index (χ2v) is 3.35. The van der Waals surface area contributed by atoms with E-state index in [1.165, 1.54) is 0 Å². The molecule has 0 aliphatic carbocycles. The highest BCUT2D eigenvalue weighted by molar-refractivity contribution is 5.49. The number of nitrogen functional groups attached to an aromatic ring is 1. The van der Waals surface area contributed by atoms with E-state index in [1.807, 2.05) is 12.1 Å². The van der Waals surface area contributed by atoms with Crippen molar-refractivity contribution in [2.75, 3.05) is 23.7 Å². The van der Waals surface area contributed by atoms with Gasteiger partial charge in [0.25, 0.3) is 0 Å². The van der Waals surface area contributed by atoms with E-state index in [1.54, 1.807) is 10.7 Å². The summed E-state index contributed by atoms with van der Waals surface area (Å²) in [4.78, 5) is 6.52. The van der Waals surface area contributed by atoms with Crippen LogP contribution in [-0.4, -0.2) is 27.7 Å². The van der Waals surface area contributed by atoms with Gasteiger partial charge in [-0.2, -0.15) is 4.98 Å². The molecule has 0 radical (unpaired) electrons. The van der Waals surface area contributed by atoms with E-state index in [0.29, 0.717) is 5.69 Å². The van der Waals surface area contributed by atoms with Crippen LogP contribution in [0.5, 0.6) is 0 Å². The number of rotatable bonds is 3. The molecule has 2 N–H and O–H groups in total. The van der Waals surface area contributed by atoms with Gasteiger partial charge in [0.1, 0.15) is 0 Å². The molecule has 0 aliphatic heterocycles. The van der Waals surface area contributed by atoms with Gasteiger partial charge in [-0.15, -0.1) is 5.10 Å². The normalized spacial score (nSPS) is 10.8. The van der Waals surface area contributed by atoms with Crippen molar-refractivity contribution < 1.29 is 0 Å². The van der Waals surface area contributed by atoms with Crippen LogP contribution in [0.2, 0.25) is 0 Å². The summed E-state index contributed by atoms with van der Waals surface area (Å²) in [5, 5.41) is 4.37. The van der Waals surface area contributed by atoms with Gasteiger partial charge >= 0.3 is 0 Å². The van der Waals surface area contributed by atoms with Crippen LogP contribution in [-0.2, 0) is 0 Å². The van der Waals surface area contributed by atoms with Crippen molar-refractivity contribution in [3.05, 3.63) is 18.3 Å². The highest BCUT2D eigenvalue weighted by Gasteiger charge is 2.08. The third kappa shape index (κ3) is 1.72. The molecule has 2 rings (SSSR count). The van der Waals surface area contributed by atoms with Gasteiger partial charge in [-0.25, -0.2) is 4.52 Å². The number of nitrogens with zero attached hydrogens (tertiary/aromatic N) is 4. The Morgan fingerprint density at radius 2 is 2.07 bits per heavy atom. The zero-order valence-electron chi connectivity index (χ0n) is 9.01. The Bertz CT molecular complexity index is 458. The summed E-state index contributed by atoms with van der Waals surface area (Å²) in [6.45, 7) is 5.98. The molecular formula is C10H15N5. The minimum Gasteiger partial charge on any atom is -0.397 e. The van der Waals surface area contributed by atoms with Crippen molar-refractivity contribution >= 4 is 17.3 Å². The molecule has 0 saturated heterocycles. The molecule has 5 heteroatoms. The summed E-state index contributed by atoms with van der Waals surface area (Å²) in [6.07, 6.45) is 1.77. The van der Waals surface area contributed by atoms with E-state index >= 15 is 0 Å². The van der Waals surface area contributed by atoms with E-state index in [9.17, 15) is 0 Å². The lowest BCUT2D eigenvalue weighted by Gasteiger charge is -2.14. The van der Waals surface area contributed by atoms with Crippen molar-refractivity contribution in [3.8, 4) is 0 Å². The van der Waals surface area contributed by atoms with Gasteiger partial charge in [-0.1, -0.05) is 0 Å². The van der Waals surface area contributed by atoms with Gasteiger partial charge in [0, 0.05) is 13.1 Å². The lowest BCUT2D eigenvalue weighted by molar-refractivity contribution is 0.813. The quantitative estimate of drug-likeness (QED) is 0.816. The molecule has 15 heavy (non-hydrogen) atoms. The Morgan fingerprint density at radius 3 is 2.73 bits per heavy atom. The van der Waals surface area contributed by atoms with Crippen LogP contribution in [0.25, 0.3) is 5.65 Å². The Hall–Kier alpha value is -1.78. The predicted octanol–water partition coefficient (Wildman–Crippen LogP) is 1.16. The predicted molar refractivity (Wildman–Crippen MR) is 61.0 cm³/mol. The van der Waals surface area contributed by atoms with E-state index in [2.05, 4.69) is 28.8 Å².